The van der Waals surface area contributed by atoms with Crippen molar-refractivity contribution in [2.75, 3.05) is 7.11 Å². The Hall–Kier alpha value is -3.81. The van der Waals surface area contributed by atoms with Crippen LogP contribution in [-0.4, -0.2) is 30.9 Å². The van der Waals surface area contributed by atoms with Crippen LogP contribution < -0.4 is 25.6 Å². The summed E-state index contributed by atoms with van der Waals surface area (Å²) in [5, 5.41) is 2.46. The lowest BCUT2D eigenvalue weighted by Gasteiger charge is -2.15. The molecule has 0 unspecified atom stereocenters. The van der Waals surface area contributed by atoms with Gasteiger partial charge >= 0.3 is 0 Å². The third-order valence-corrected chi connectivity index (χ3v) is 3.74. The van der Waals surface area contributed by atoms with E-state index in [0.717, 1.165) is 0 Å². The van der Waals surface area contributed by atoms with Crippen molar-refractivity contribution >= 4 is 23.8 Å². The Balaban J connectivity index is 2.10. The van der Waals surface area contributed by atoms with Crippen molar-refractivity contribution in [3.63, 3.8) is 0 Å². The molecule has 0 aliphatic carbocycles. The second-order valence-electron chi connectivity index (χ2n) is 6.59. The standard InChI is InChI=1S/C22H25N3O5/c1-14(2)30-19-11-10-17(13-20(19)29-4)21(27)24-25-22(28)18(23-15(3)26)12-16-8-6-5-7-9-16/h5-14H,1-4H3,(H,23,26)(H,24,27)(H,25,28)/b18-12-. The minimum atomic E-state index is -0.672. The fourth-order valence-corrected chi connectivity index (χ4v) is 2.48. The van der Waals surface area contributed by atoms with Crippen LogP contribution >= 0.6 is 0 Å². The molecule has 8 heteroatoms. The average Bonchev–Trinajstić information content (AvgIpc) is 2.71. The van der Waals surface area contributed by atoms with Gasteiger partial charge in [0.05, 0.1) is 13.2 Å². The maximum absolute atomic E-state index is 12.5. The van der Waals surface area contributed by atoms with E-state index in [1.165, 1.54) is 26.2 Å². The highest BCUT2D eigenvalue weighted by Gasteiger charge is 2.15. The van der Waals surface area contributed by atoms with Crippen LogP contribution in [0.4, 0.5) is 0 Å². The van der Waals surface area contributed by atoms with Gasteiger partial charge < -0.3 is 14.8 Å². The van der Waals surface area contributed by atoms with Crippen LogP contribution in [0.25, 0.3) is 6.08 Å². The zero-order valence-electron chi connectivity index (χ0n) is 17.3. The van der Waals surface area contributed by atoms with E-state index in [9.17, 15) is 14.4 Å². The van der Waals surface area contributed by atoms with Gasteiger partial charge in [-0.1, -0.05) is 30.3 Å². The number of benzene rings is 2. The van der Waals surface area contributed by atoms with Crippen LogP contribution in [-0.2, 0) is 9.59 Å². The van der Waals surface area contributed by atoms with Crippen molar-refractivity contribution in [2.24, 2.45) is 0 Å². The highest BCUT2D eigenvalue weighted by molar-refractivity contribution is 6.03. The molecule has 0 radical (unpaired) electrons. The van der Waals surface area contributed by atoms with Gasteiger partial charge in [-0.05, 0) is 43.7 Å². The summed E-state index contributed by atoms with van der Waals surface area (Å²) in [4.78, 5) is 36.3. The van der Waals surface area contributed by atoms with Crippen LogP contribution in [0, 0.1) is 0 Å². The number of hydrogen-bond acceptors (Lipinski definition) is 5. The number of rotatable bonds is 7. The maximum Gasteiger partial charge on any atom is 0.286 e. The van der Waals surface area contributed by atoms with Crippen LogP contribution in [0.3, 0.4) is 0 Å². The fraction of sp³-hybridized carbons (Fsp3) is 0.227. The summed E-state index contributed by atoms with van der Waals surface area (Å²) in [7, 11) is 1.47. The first kappa shape index (κ1) is 22.5. The van der Waals surface area contributed by atoms with Gasteiger partial charge in [0, 0.05) is 12.5 Å². The molecule has 0 aromatic heterocycles. The zero-order valence-corrected chi connectivity index (χ0v) is 17.3. The SMILES string of the molecule is COc1cc(C(=O)NNC(=O)/C(=C/c2ccccc2)NC(C)=O)ccc1OC(C)C. The number of hydrogen-bond donors (Lipinski definition) is 3. The van der Waals surface area contributed by atoms with E-state index in [2.05, 4.69) is 16.2 Å². The van der Waals surface area contributed by atoms with Crippen LogP contribution in [0.5, 0.6) is 11.5 Å². The molecule has 2 aromatic carbocycles. The third-order valence-electron chi connectivity index (χ3n) is 3.74. The number of carbonyl (C=O) groups excluding carboxylic acids is 3. The van der Waals surface area contributed by atoms with Crippen molar-refractivity contribution in [3.8, 4) is 11.5 Å². The molecule has 30 heavy (non-hydrogen) atoms. The molecule has 0 bridgehead atoms. The lowest BCUT2D eigenvalue weighted by molar-refractivity contribution is -0.122. The van der Waals surface area contributed by atoms with E-state index >= 15 is 0 Å². The van der Waals surface area contributed by atoms with Gasteiger partial charge in [-0.25, -0.2) is 0 Å². The normalized spacial score (nSPS) is 10.9. The van der Waals surface area contributed by atoms with Gasteiger partial charge in [-0.2, -0.15) is 0 Å². The second-order valence-corrected chi connectivity index (χ2v) is 6.59. The molecule has 0 saturated heterocycles. The molecule has 0 atom stereocenters. The number of hydrazine groups is 1. The Labute approximate surface area is 175 Å². The molecule has 8 nitrogen and oxygen atoms in total. The molecule has 3 N–H and O–H groups in total. The largest absolute Gasteiger partial charge is 0.493 e. The van der Waals surface area contributed by atoms with Crippen molar-refractivity contribution in [1.29, 1.82) is 0 Å². The molecule has 0 aliphatic rings. The Morgan fingerprint density at radius 2 is 1.67 bits per heavy atom. The molecule has 0 spiro atoms. The van der Waals surface area contributed by atoms with Crippen LogP contribution in [0.15, 0.2) is 54.2 Å². The molecule has 2 rings (SSSR count). The Bertz CT molecular complexity index is 939. The smallest absolute Gasteiger partial charge is 0.286 e. The number of nitrogens with one attached hydrogen (secondary N) is 3. The quantitative estimate of drug-likeness (QED) is 0.479. The molecule has 0 saturated carbocycles. The topological polar surface area (TPSA) is 106 Å². The van der Waals surface area contributed by atoms with Gasteiger partial charge in [-0.3, -0.25) is 25.2 Å². The minimum absolute atomic E-state index is 0.00716. The first-order valence-electron chi connectivity index (χ1n) is 9.30. The summed E-state index contributed by atoms with van der Waals surface area (Å²) in [6.07, 6.45) is 1.45. The summed E-state index contributed by atoms with van der Waals surface area (Å²) in [5.74, 6) is -0.740. The number of carbonyl (C=O) groups is 3. The van der Waals surface area contributed by atoms with Crippen molar-refractivity contribution in [2.45, 2.75) is 26.9 Å². The van der Waals surface area contributed by atoms with Gasteiger partial charge in [0.2, 0.25) is 5.91 Å². The second kappa shape index (κ2) is 10.7. The van der Waals surface area contributed by atoms with Crippen LogP contribution in [0.1, 0.15) is 36.7 Å². The van der Waals surface area contributed by atoms with Crippen molar-refractivity contribution < 1.29 is 23.9 Å². The molecule has 158 valence electrons. The number of amides is 3. The molecule has 3 amide bonds. The van der Waals surface area contributed by atoms with Gasteiger partial charge in [0.25, 0.3) is 11.8 Å². The maximum atomic E-state index is 12.5. The van der Waals surface area contributed by atoms with Crippen molar-refractivity contribution in [3.05, 3.63) is 65.4 Å². The molecule has 0 fully saturated rings. The first-order valence-corrected chi connectivity index (χ1v) is 9.30. The molecular formula is C22H25N3O5. The molecule has 0 heterocycles. The lowest BCUT2D eigenvalue weighted by Crippen LogP contribution is -2.45. The van der Waals surface area contributed by atoms with E-state index in [1.807, 2.05) is 19.9 Å². The van der Waals surface area contributed by atoms with Gasteiger partial charge in [-0.15, -0.1) is 0 Å². The summed E-state index contributed by atoms with van der Waals surface area (Å²) in [6, 6.07) is 13.7. The summed E-state index contributed by atoms with van der Waals surface area (Å²) in [5.41, 5.74) is 5.59. The highest BCUT2D eigenvalue weighted by Crippen LogP contribution is 2.28. The van der Waals surface area contributed by atoms with E-state index in [1.54, 1.807) is 36.4 Å². The summed E-state index contributed by atoms with van der Waals surface area (Å²) in [6.45, 7) is 5.05. The van der Waals surface area contributed by atoms with E-state index in [0.29, 0.717) is 17.1 Å². The fourth-order valence-electron chi connectivity index (χ4n) is 2.48. The zero-order chi connectivity index (χ0) is 22.1. The first-order chi connectivity index (χ1) is 14.3. The Morgan fingerprint density at radius 1 is 0.967 bits per heavy atom. The summed E-state index contributed by atoms with van der Waals surface area (Å²) >= 11 is 0. The number of methoxy groups -OCH3 is 1. The van der Waals surface area contributed by atoms with Gasteiger partial charge in [0.15, 0.2) is 11.5 Å². The lowest BCUT2D eigenvalue weighted by atomic mass is 10.2. The summed E-state index contributed by atoms with van der Waals surface area (Å²) < 4.78 is 10.9. The predicted molar refractivity (Wildman–Crippen MR) is 113 cm³/mol. The number of ether oxygens (including phenoxy) is 2. The van der Waals surface area contributed by atoms with E-state index < -0.39 is 17.7 Å². The molecule has 2 aromatic rings. The Kier molecular flexibility index (Phi) is 7.99. The highest BCUT2D eigenvalue weighted by atomic mass is 16.5. The Morgan fingerprint density at radius 3 is 2.27 bits per heavy atom. The monoisotopic (exact) mass is 411 g/mol. The average molecular weight is 411 g/mol. The van der Waals surface area contributed by atoms with E-state index in [-0.39, 0.29) is 17.4 Å². The predicted octanol–water partition coefficient (Wildman–Crippen LogP) is 2.42. The third kappa shape index (κ3) is 6.66. The molecular weight excluding hydrogens is 386 g/mol. The van der Waals surface area contributed by atoms with Crippen LogP contribution in [0.2, 0.25) is 0 Å². The minimum Gasteiger partial charge on any atom is -0.493 e. The molecule has 0 aliphatic heterocycles. The van der Waals surface area contributed by atoms with E-state index in [4.69, 9.17) is 9.47 Å². The van der Waals surface area contributed by atoms with Crippen molar-refractivity contribution in [1.82, 2.24) is 16.2 Å². The van der Waals surface area contributed by atoms with Gasteiger partial charge in [0.1, 0.15) is 5.70 Å².